The predicted octanol–water partition coefficient (Wildman–Crippen LogP) is -0.415. The van der Waals surface area contributed by atoms with Crippen molar-refractivity contribution in [1.82, 2.24) is 0 Å². The molecule has 2 aliphatic rings. The van der Waals surface area contributed by atoms with Crippen LogP contribution in [0.1, 0.15) is 40.6 Å². The van der Waals surface area contributed by atoms with Gasteiger partial charge in [-0.05, 0) is 0 Å². The molecule has 0 aliphatic heterocycles. The fourth-order valence-corrected chi connectivity index (χ4v) is 12.5. The van der Waals surface area contributed by atoms with E-state index in [0.29, 0.717) is 10.2 Å². The average Bonchev–Trinajstić information content (AvgIpc) is 3.24. The number of methoxy groups -OCH3 is 1. The molecule has 0 heterocycles. The molecule has 0 amide bonds. The molecule has 1 atom stereocenters. The Morgan fingerprint density at radius 1 is 1.04 bits per heavy atom. The Morgan fingerprint density at radius 2 is 1.78 bits per heavy atom. The van der Waals surface area contributed by atoms with E-state index in [1.807, 2.05) is 0 Å². The maximum atomic E-state index is 5.50. The number of hydrogen-bond donors (Lipinski definition) is 0. The van der Waals surface area contributed by atoms with Crippen molar-refractivity contribution < 1.29 is 50.8 Å². The molecule has 0 aromatic heterocycles. The minimum atomic E-state index is -1.96. The largest absolute Gasteiger partial charge is 1.00 e. The molecule has 4 heteroatoms. The molecule has 2 aromatic rings. The van der Waals surface area contributed by atoms with Crippen molar-refractivity contribution in [3.8, 4) is 11.1 Å². The molecule has 2 aliphatic carbocycles. The van der Waals surface area contributed by atoms with E-state index in [2.05, 4.69) is 74.5 Å². The van der Waals surface area contributed by atoms with Crippen LogP contribution in [-0.2, 0) is 32.6 Å². The summed E-state index contributed by atoms with van der Waals surface area (Å²) in [7, 11) is 1.79. The van der Waals surface area contributed by atoms with Gasteiger partial charge in [0.05, 0.1) is 0 Å². The minimum Gasteiger partial charge on any atom is -1.00 e. The number of benzene rings is 2. The molecule has 0 saturated heterocycles. The van der Waals surface area contributed by atoms with Crippen LogP contribution >= 0.6 is 0 Å². The van der Waals surface area contributed by atoms with Crippen LogP contribution in [0.2, 0.25) is 0 Å². The second-order valence-corrected chi connectivity index (χ2v) is 14.6. The summed E-state index contributed by atoms with van der Waals surface area (Å²) >= 11 is -1.96. The summed E-state index contributed by atoms with van der Waals surface area (Å²) in [5.74, 6) is 0. The normalized spacial score (nSPS) is 15.6. The molecule has 0 saturated carbocycles. The van der Waals surface area contributed by atoms with Crippen molar-refractivity contribution in [3.63, 3.8) is 0 Å². The van der Waals surface area contributed by atoms with Crippen LogP contribution in [-0.4, -0.2) is 10.3 Å². The number of allylic oxidation sites excluding steroid dienone is 4. The first-order chi connectivity index (χ1) is 12.2. The average molecular weight is 479 g/mol. The summed E-state index contributed by atoms with van der Waals surface area (Å²) in [5.41, 5.74) is 7.28. The number of ether oxygens (including phenoxy) is 1. The van der Waals surface area contributed by atoms with Gasteiger partial charge < -0.3 is 24.8 Å². The Kier molecular flexibility index (Phi) is 8.01. The fraction of sp³-hybridized carbons (Fsp3) is 0.261. The third-order valence-electron chi connectivity index (χ3n) is 5.28. The topological polar surface area (TPSA) is 9.23 Å². The monoisotopic (exact) mass is 476 g/mol. The Labute approximate surface area is 182 Å². The number of halogens is 2. The first kappa shape index (κ1) is 22.5. The van der Waals surface area contributed by atoms with Gasteiger partial charge in [-0.2, -0.15) is 0 Å². The summed E-state index contributed by atoms with van der Waals surface area (Å²) in [5, 5.41) is 0. The maximum absolute atomic E-state index is 5.50. The van der Waals surface area contributed by atoms with E-state index in [-0.39, 0.29) is 24.8 Å². The van der Waals surface area contributed by atoms with Crippen molar-refractivity contribution >= 4 is 3.21 Å². The molecule has 2 aromatic carbocycles. The van der Waals surface area contributed by atoms with E-state index in [9.17, 15) is 0 Å². The molecule has 0 radical (unpaired) electrons. The standard InChI is InChI=1S/C15H13O.C5H5.C3H6.2ClH.Zr/c1-16-10-13-7-4-6-12-9-11-5-2-3-8-14(11)15(12)13;1-2-4-5-3-1;1-3-2;;;/h2-9H,10H2,1H3;1-3H,4H2;1-2H3;2*1H;/q;;;;;+2/p-2. The van der Waals surface area contributed by atoms with E-state index < -0.39 is 21.3 Å². The van der Waals surface area contributed by atoms with Crippen molar-refractivity contribution in [3.05, 3.63) is 80.7 Å². The zero-order valence-corrected chi connectivity index (χ0v) is 19.9. The number of hydrogen-bond acceptors (Lipinski definition) is 1. The van der Waals surface area contributed by atoms with E-state index in [1.54, 1.807) is 24.7 Å². The van der Waals surface area contributed by atoms with Gasteiger partial charge in [0.15, 0.2) is 0 Å². The van der Waals surface area contributed by atoms with Gasteiger partial charge in [-0.25, -0.2) is 0 Å². The fourth-order valence-electron chi connectivity index (χ4n) is 4.36. The predicted molar refractivity (Wildman–Crippen MR) is 103 cm³/mol. The van der Waals surface area contributed by atoms with Crippen molar-refractivity contribution in [1.29, 1.82) is 0 Å². The van der Waals surface area contributed by atoms with Crippen LogP contribution in [0.3, 0.4) is 0 Å². The van der Waals surface area contributed by atoms with E-state index in [1.165, 1.54) is 16.7 Å². The molecule has 4 rings (SSSR count). The smallest absolute Gasteiger partial charge is 1.00 e. The second kappa shape index (κ2) is 9.61. The van der Waals surface area contributed by atoms with Crippen molar-refractivity contribution in [2.24, 2.45) is 0 Å². The summed E-state index contributed by atoms with van der Waals surface area (Å²) in [6.45, 7) is 5.42. The Balaban J connectivity index is 0.00000131. The van der Waals surface area contributed by atoms with Crippen molar-refractivity contribution in [2.45, 2.75) is 30.5 Å². The summed E-state index contributed by atoms with van der Waals surface area (Å²) in [4.78, 5) is 0. The Morgan fingerprint density at radius 3 is 2.44 bits per heavy atom. The number of rotatable bonds is 4. The van der Waals surface area contributed by atoms with Gasteiger partial charge in [0, 0.05) is 0 Å². The van der Waals surface area contributed by atoms with E-state index in [0.717, 1.165) is 6.42 Å². The van der Waals surface area contributed by atoms with Crippen LogP contribution in [0.5, 0.6) is 0 Å². The molecule has 1 unspecified atom stereocenters. The van der Waals surface area contributed by atoms with Crippen LogP contribution in [0.25, 0.3) is 11.1 Å². The molecule has 0 bridgehead atoms. The van der Waals surface area contributed by atoms with Crippen LogP contribution in [0.15, 0.2) is 64.0 Å². The second-order valence-electron chi connectivity index (χ2n) is 7.07. The first-order valence-electron chi connectivity index (χ1n) is 8.96. The third-order valence-corrected chi connectivity index (χ3v) is 13.5. The minimum absolute atomic E-state index is 0. The van der Waals surface area contributed by atoms with E-state index in [4.69, 9.17) is 4.74 Å². The Hall–Kier alpha value is -0.787. The molecule has 0 N–H and O–H groups in total. The zero-order chi connectivity index (χ0) is 17.4. The van der Waals surface area contributed by atoms with Gasteiger partial charge >= 0.3 is 159 Å². The van der Waals surface area contributed by atoms with Gasteiger partial charge in [0.2, 0.25) is 0 Å². The SMILES string of the molecule is COCc1cccc2c1-c1ccccc1[CH]2[Zr+2]([C]1=CC=CC1)=[C](C)C.[Cl-].[Cl-]. The number of fused-ring (bicyclic) bond motifs is 3. The van der Waals surface area contributed by atoms with Gasteiger partial charge in [0.1, 0.15) is 0 Å². The molecule has 0 fully saturated rings. The zero-order valence-electron chi connectivity index (χ0n) is 15.9. The molecular weight excluding hydrogens is 454 g/mol. The van der Waals surface area contributed by atoms with E-state index >= 15 is 0 Å². The summed E-state index contributed by atoms with van der Waals surface area (Å²) in [6.07, 6.45) is 8.14. The maximum Gasteiger partial charge on any atom is -1.00 e. The third kappa shape index (κ3) is 4.01. The van der Waals surface area contributed by atoms with Gasteiger partial charge in [-0.15, -0.1) is 0 Å². The molecule has 0 spiro atoms. The molecule has 27 heavy (non-hydrogen) atoms. The Bertz CT molecular complexity index is 924. The van der Waals surface area contributed by atoms with Gasteiger partial charge in [-0.1, -0.05) is 0 Å². The first-order valence-corrected chi connectivity index (χ1v) is 12.8. The van der Waals surface area contributed by atoms with Crippen molar-refractivity contribution in [2.75, 3.05) is 7.11 Å². The molecule has 140 valence electrons. The van der Waals surface area contributed by atoms with Crippen LogP contribution in [0.4, 0.5) is 0 Å². The van der Waals surface area contributed by atoms with Crippen LogP contribution in [0, 0.1) is 0 Å². The summed E-state index contributed by atoms with van der Waals surface area (Å²) in [6, 6.07) is 15.9. The quantitative estimate of drug-likeness (QED) is 0.581. The summed E-state index contributed by atoms with van der Waals surface area (Å²) < 4.78 is 9.51. The molecular formula is C23H24Cl2OZr. The van der Waals surface area contributed by atoms with Gasteiger partial charge in [0.25, 0.3) is 0 Å². The molecule has 1 nitrogen and oxygen atoms in total. The van der Waals surface area contributed by atoms with Crippen LogP contribution < -0.4 is 24.8 Å². The van der Waals surface area contributed by atoms with Gasteiger partial charge in [-0.3, -0.25) is 0 Å².